The summed E-state index contributed by atoms with van der Waals surface area (Å²) >= 11 is 0. The lowest BCUT2D eigenvalue weighted by molar-refractivity contribution is -0.116. The van der Waals surface area contributed by atoms with E-state index >= 15 is 0 Å². The van der Waals surface area contributed by atoms with Crippen LogP contribution in [-0.4, -0.2) is 12.4 Å². The van der Waals surface area contributed by atoms with Gasteiger partial charge >= 0.3 is 0 Å². The number of benzene rings is 2. The van der Waals surface area contributed by atoms with Gasteiger partial charge in [0.15, 0.2) is 11.5 Å². The highest BCUT2D eigenvalue weighted by Gasteiger charge is 2.12. The first-order valence-corrected chi connectivity index (χ1v) is 7.11. The average Bonchev–Trinajstić information content (AvgIpc) is 2.47. The van der Waals surface area contributed by atoms with Crippen LogP contribution in [0.25, 0.3) is 0 Å². The molecular formula is C18H20O3. The standard InChI is InChI=1S/C18H20O3/c1-3-20-17-11-7-10-16(12-14(2)19)18(17)21-13-15-8-5-4-6-9-15/h4-11H,3,12-13H2,1-2H3. The van der Waals surface area contributed by atoms with Gasteiger partial charge in [0.25, 0.3) is 0 Å². The highest BCUT2D eigenvalue weighted by atomic mass is 16.5. The number of ketones is 1. The minimum atomic E-state index is 0.105. The Morgan fingerprint density at radius 1 is 1.00 bits per heavy atom. The van der Waals surface area contributed by atoms with Gasteiger partial charge in [0.1, 0.15) is 12.4 Å². The summed E-state index contributed by atoms with van der Waals surface area (Å²) in [6.07, 6.45) is 0.352. The molecule has 0 fully saturated rings. The fourth-order valence-corrected chi connectivity index (χ4v) is 2.13. The molecule has 0 aliphatic carbocycles. The van der Waals surface area contributed by atoms with E-state index in [4.69, 9.17) is 9.47 Å². The van der Waals surface area contributed by atoms with E-state index in [9.17, 15) is 4.79 Å². The summed E-state index contributed by atoms with van der Waals surface area (Å²) in [5.41, 5.74) is 1.95. The molecule has 0 aliphatic heterocycles. The molecule has 0 aliphatic rings. The van der Waals surface area contributed by atoms with E-state index < -0.39 is 0 Å². The molecule has 0 bridgehead atoms. The predicted molar refractivity (Wildman–Crippen MR) is 82.8 cm³/mol. The predicted octanol–water partition coefficient (Wildman–Crippen LogP) is 3.80. The molecule has 21 heavy (non-hydrogen) atoms. The largest absolute Gasteiger partial charge is 0.490 e. The Labute approximate surface area is 125 Å². The van der Waals surface area contributed by atoms with Gasteiger partial charge in [-0.1, -0.05) is 42.5 Å². The summed E-state index contributed by atoms with van der Waals surface area (Å²) in [6, 6.07) is 15.6. The van der Waals surface area contributed by atoms with Crippen LogP contribution in [-0.2, 0) is 17.8 Å². The van der Waals surface area contributed by atoms with Crippen molar-refractivity contribution in [2.75, 3.05) is 6.61 Å². The Kier molecular flexibility index (Phi) is 5.38. The lowest BCUT2D eigenvalue weighted by Gasteiger charge is -2.15. The number of carbonyl (C=O) groups is 1. The number of ether oxygens (including phenoxy) is 2. The van der Waals surface area contributed by atoms with Gasteiger partial charge in [0.2, 0.25) is 0 Å². The second-order valence-electron chi connectivity index (χ2n) is 4.83. The third-order valence-electron chi connectivity index (χ3n) is 3.03. The van der Waals surface area contributed by atoms with Crippen LogP contribution in [0.2, 0.25) is 0 Å². The summed E-state index contributed by atoms with van der Waals surface area (Å²) in [6.45, 7) is 4.52. The molecule has 0 spiro atoms. The maximum atomic E-state index is 11.4. The van der Waals surface area contributed by atoms with Crippen LogP contribution < -0.4 is 9.47 Å². The quantitative estimate of drug-likeness (QED) is 0.776. The van der Waals surface area contributed by atoms with Crippen molar-refractivity contribution in [3.8, 4) is 11.5 Å². The molecule has 0 saturated carbocycles. The van der Waals surface area contributed by atoms with Crippen molar-refractivity contribution in [3.63, 3.8) is 0 Å². The Morgan fingerprint density at radius 2 is 1.76 bits per heavy atom. The lowest BCUT2D eigenvalue weighted by Crippen LogP contribution is -2.05. The number of Topliss-reactive ketones (excluding diaryl/α,β-unsaturated/α-hetero) is 1. The number of hydrogen-bond donors (Lipinski definition) is 0. The fraction of sp³-hybridized carbons (Fsp3) is 0.278. The van der Waals surface area contributed by atoms with Gasteiger partial charge in [-0.05, 0) is 25.5 Å². The Balaban J connectivity index is 2.23. The maximum absolute atomic E-state index is 11.4. The monoisotopic (exact) mass is 284 g/mol. The second kappa shape index (κ2) is 7.48. The summed E-state index contributed by atoms with van der Waals surface area (Å²) in [4.78, 5) is 11.4. The Bertz CT molecular complexity index is 591. The Hall–Kier alpha value is -2.29. The van der Waals surface area contributed by atoms with Crippen molar-refractivity contribution < 1.29 is 14.3 Å². The minimum absolute atomic E-state index is 0.105. The van der Waals surface area contributed by atoms with E-state index in [0.717, 1.165) is 11.1 Å². The normalized spacial score (nSPS) is 10.2. The molecule has 110 valence electrons. The second-order valence-corrected chi connectivity index (χ2v) is 4.83. The van der Waals surface area contributed by atoms with E-state index in [1.807, 2.05) is 55.5 Å². The van der Waals surface area contributed by atoms with E-state index in [2.05, 4.69) is 0 Å². The molecule has 3 nitrogen and oxygen atoms in total. The maximum Gasteiger partial charge on any atom is 0.165 e. The molecule has 0 aromatic heterocycles. The Morgan fingerprint density at radius 3 is 2.43 bits per heavy atom. The van der Waals surface area contributed by atoms with Crippen molar-refractivity contribution >= 4 is 5.78 Å². The van der Waals surface area contributed by atoms with Gasteiger partial charge in [-0.25, -0.2) is 0 Å². The minimum Gasteiger partial charge on any atom is -0.490 e. The molecule has 0 saturated heterocycles. The summed E-state index contributed by atoms with van der Waals surface area (Å²) in [7, 11) is 0. The van der Waals surface area contributed by atoms with Gasteiger partial charge in [-0.3, -0.25) is 4.79 Å². The van der Waals surface area contributed by atoms with Crippen LogP contribution >= 0.6 is 0 Å². The van der Waals surface area contributed by atoms with E-state index in [1.54, 1.807) is 6.92 Å². The molecule has 0 heterocycles. The van der Waals surface area contributed by atoms with Crippen LogP contribution in [0.4, 0.5) is 0 Å². The van der Waals surface area contributed by atoms with Crippen LogP contribution in [0.1, 0.15) is 25.0 Å². The number of hydrogen-bond acceptors (Lipinski definition) is 3. The average molecular weight is 284 g/mol. The first-order chi connectivity index (χ1) is 10.2. The van der Waals surface area contributed by atoms with Crippen molar-refractivity contribution in [2.24, 2.45) is 0 Å². The van der Waals surface area contributed by atoms with Crippen LogP contribution in [0, 0.1) is 0 Å². The van der Waals surface area contributed by atoms with E-state index in [1.165, 1.54) is 0 Å². The SMILES string of the molecule is CCOc1cccc(CC(C)=O)c1OCc1ccccc1. The molecular weight excluding hydrogens is 264 g/mol. The first kappa shape index (κ1) is 15.1. The van der Waals surface area contributed by atoms with E-state index in [-0.39, 0.29) is 5.78 Å². The topological polar surface area (TPSA) is 35.5 Å². The van der Waals surface area contributed by atoms with Gasteiger partial charge < -0.3 is 9.47 Å². The highest BCUT2D eigenvalue weighted by Crippen LogP contribution is 2.32. The lowest BCUT2D eigenvalue weighted by atomic mass is 10.1. The molecule has 3 heteroatoms. The van der Waals surface area contributed by atoms with Crippen LogP contribution in [0.15, 0.2) is 48.5 Å². The fourth-order valence-electron chi connectivity index (χ4n) is 2.13. The zero-order chi connectivity index (χ0) is 15.1. The molecule has 0 radical (unpaired) electrons. The van der Waals surface area contributed by atoms with Crippen LogP contribution in [0.5, 0.6) is 11.5 Å². The molecule has 2 aromatic rings. The number of para-hydroxylation sites is 1. The van der Waals surface area contributed by atoms with Gasteiger partial charge in [0.05, 0.1) is 6.61 Å². The molecule has 0 amide bonds. The van der Waals surface area contributed by atoms with E-state index in [0.29, 0.717) is 31.1 Å². The zero-order valence-corrected chi connectivity index (χ0v) is 12.5. The highest BCUT2D eigenvalue weighted by molar-refractivity contribution is 5.79. The molecule has 0 atom stereocenters. The first-order valence-electron chi connectivity index (χ1n) is 7.11. The smallest absolute Gasteiger partial charge is 0.165 e. The zero-order valence-electron chi connectivity index (χ0n) is 12.5. The number of rotatable bonds is 7. The summed E-state index contributed by atoms with van der Waals surface area (Å²) < 4.78 is 11.5. The number of carbonyl (C=O) groups excluding carboxylic acids is 1. The van der Waals surface area contributed by atoms with Crippen molar-refractivity contribution in [1.29, 1.82) is 0 Å². The van der Waals surface area contributed by atoms with Crippen molar-refractivity contribution in [2.45, 2.75) is 26.9 Å². The third kappa shape index (κ3) is 4.35. The molecule has 0 N–H and O–H groups in total. The molecule has 0 unspecified atom stereocenters. The third-order valence-corrected chi connectivity index (χ3v) is 3.03. The van der Waals surface area contributed by atoms with Crippen molar-refractivity contribution in [1.82, 2.24) is 0 Å². The summed E-state index contributed by atoms with van der Waals surface area (Å²) in [5.74, 6) is 1.46. The van der Waals surface area contributed by atoms with Crippen molar-refractivity contribution in [3.05, 3.63) is 59.7 Å². The molecule has 2 aromatic carbocycles. The summed E-state index contributed by atoms with van der Waals surface area (Å²) in [5, 5.41) is 0. The van der Waals surface area contributed by atoms with Gasteiger partial charge in [-0.15, -0.1) is 0 Å². The van der Waals surface area contributed by atoms with Gasteiger partial charge in [0, 0.05) is 12.0 Å². The molecule has 2 rings (SSSR count). The van der Waals surface area contributed by atoms with Crippen LogP contribution in [0.3, 0.4) is 0 Å². The van der Waals surface area contributed by atoms with Gasteiger partial charge in [-0.2, -0.15) is 0 Å².